The van der Waals surface area contributed by atoms with E-state index >= 15 is 0 Å². The van der Waals surface area contributed by atoms with E-state index in [0.717, 1.165) is 18.4 Å². The summed E-state index contributed by atoms with van der Waals surface area (Å²) in [6.07, 6.45) is 5.09. The molecule has 0 aromatic carbocycles. The first-order chi connectivity index (χ1) is 10.8. The number of amides is 1. The number of nitrogens with one attached hydrogen (secondary N) is 1. The molecule has 1 saturated carbocycles. The van der Waals surface area contributed by atoms with Gasteiger partial charge in [0.2, 0.25) is 5.91 Å². The molecule has 0 unspecified atom stereocenters. The van der Waals surface area contributed by atoms with Crippen LogP contribution >= 0.6 is 0 Å². The van der Waals surface area contributed by atoms with Gasteiger partial charge in [-0.3, -0.25) is 14.3 Å². The minimum Gasteiger partial charge on any atom is -0.481 e. The molecule has 2 N–H and O–H groups in total. The number of carbonyl (C=O) groups is 2. The third-order valence-corrected chi connectivity index (χ3v) is 5.08. The van der Waals surface area contributed by atoms with E-state index in [9.17, 15) is 14.7 Å². The number of aromatic nitrogens is 2. The number of aliphatic carboxylic acids is 1. The van der Waals surface area contributed by atoms with E-state index in [1.54, 1.807) is 10.9 Å². The van der Waals surface area contributed by atoms with Crippen molar-refractivity contribution in [2.24, 2.45) is 24.3 Å². The minimum atomic E-state index is -0.904. The van der Waals surface area contributed by atoms with Gasteiger partial charge in [0.05, 0.1) is 24.1 Å². The van der Waals surface area contributed by atoms with Crippen LogP contribution in [0.1, 0.15) is 38.4 Å². The van der Waals surface area contributed by atoms with E-state index in [1.165, 1.54) is 0 Å². The molecule has 0 bridgehead atoms. The fourth-order valence-electron chi connectivity index (χ4n) is 3.70. The van der Waals surface area contributed by atoms with E-state index in [-0.39, 0.29) is 18.1 Å². The second-order valence-corrected chi connectivity index (χ2v) is 7.11. The first-order valence-electron chi connectivity index (χ1n) is 7.95. The van der Waals surface area contributed by atoms with Crippen LogP contribution in [0.3, 0.4) is 0 Å². The molecule has 126 valence electrons. The van der Waals surface area contributed by atoms with Gasteiger partial charge in [0.25, 0.3) is 0 Å². The van der Waals surface area contributed by atoms with Crippen molar-refractivity contribution in [3.05, 3.63) is 18.0 Å². The Morgan fingerprint density at radius 2 is 2.17 bits per heavy atom. The SMILES string of the molecule is Cn1cc([C@H]2OCCC[C@@H]2NC(=O)[C@@H]2[C@H](C(=O)O)C2(C)C)cn1. The lowest BCUT2D eigenvalue weighted by Gasteiger charge is -2.32. The summed E-state index contributed by atoms with van der Waals surface area (Å²) in [6, 6.07) is -0.147. The van der Waals surface area contributed by atoms with Crippen LogP contribution in [0.4, 0.5) is 0 Å². The molecule has 1 aliphatic carbocycles. The van der Waals surface area contributed by atoms with Crippen molar-refractivity contribution in [2.45, 2.75) is 38.8 Å². The van der Waals surface area contributed by atoms with Crippen molar-refractivity contribution in [3.63, 3.8) is 0 Å². The van der Waals surface area contributed by atoms with E-state index in [2.05, 4.69) is 10.4 Å². The van der Waals surface area contributed by atoms with Gasteiger partial charge < -0.3 is 15.2 Å². The molecule has 23 heavy (non-hydrogen) atoms. The fourth-order valence-corrected chi connectivity index (χ4v) is 3.70. The number of ether oxygens (including phenoxy) is 1. The molecule has 1 aromatic heterocycles. The van der Waals surface area contributed by atoms with Gasteiger partial charge in [0.15, 0.2) is 0 Å². The first kappa shape index (κ1) is 16.0. The molecule has 2 heterocycles. The van der Waals surface area contributed by atoms with Crippen molar-refractivity contribution in [2.75, 3.05) is 6.61 Å². The summed E-state index contributed by atoms with van der Waals surface area (Å²) in [4.78, 5) is 23.8. The Hall–Kier alpha value is -1.89. The van der Waals surface area contributed by atoms with Gasteiger partial charge in [-0.25, -0.2) is 0 Å². The zero-order valence-corrected chi connectivity index (χ0v) is 13.7. The quantitative estimate of drug-likeness (QED) is 0.866. The van der Waals surface area contributed by atoms with Crippen molar-refractivity contribution in [1.29, 1.82) is 0 Å². The Labute approximate surface area is 135 Å². The van der Waals surface area contributed by atoms with Gasteiger partial charge in [-0.15, -0.1) is 0 Å². The maximum Gasteiger partial charge on any atom is 0.307 e. The third kappa shape index (κ3) is 2.85. The zero-order valence-electron chi connectivity index (χ0n) is 13.7. The Morgan fingerprint density at radius 1 is 1.43 bits per heavy atom. The van der Waals surface area contributed by atoms with Crippen LogP contribution in [0.5, 0.6) is 0 Å². The average Bonchev–Trinajstić information content (AvgIpc) is 2.83. The molecule has 0 spiro atoms. The van der Waals surface area contributed by atoms with Crippen molar-refractivity contribution < 1.29 is 19.4 Å². The highest BCUT2D eigenvalue weighted by Gasteiger charge is 2.66. The van der Waals surface area contributed by atoms with Crippen LogP contribution in [0, 0.1) is 17.3 Å². The van der Waals surface area contributed by atoms with Crippen molar-refractivity contribution in [1.82, 2.24) is 15.1 Å². The first-order valence-corrected chi connectivity index (χ1v) is 7.95. The molecular weight excluding hydrogens is 298 g/mol. The number of carboxylic acid groups (broad SMARTS) is 1. The highest BCUT2D eigenvalue weighted by atomic mass is 16.5. The Morgan fingerprint density at radius 3 is 2.74 bits per heavy atom. The van der Waals surface area contributed by atoms with Crippen LogP contribution in [0.25, 0.3) is 0 Å². The van der Waals surface area contributed by atoms with Gasteiger partial charge in [-0.2, -0.15) is 5.10 Å². The molecule has 4 atom stereocenters. The summed E-state index contributed by atoms with van der Waals surface area (Å²) in [6.45, 7) is 4.30. The topological polar surface area (TPSA) is 93.5 Å². The largest absolute Gasteiger partial charge is 0.481 e. The number of hydrogen-bond acceptors (Lipinski definition) is 4. The molecule has 2 fully saturated rings. The maximum atomic E-state index is 12.5. The molecule has 3 rings (SSSR count). The van der Waals surface area contributed by atoms with E-state index < -0.39 is 23.2 Å². The maximum absolute atomic E-state index is 12.5. The predicted molar refractivity (Wildman–Crippen MR) is 81.5 cm³/mol. The van der Waals surface area contributed by atoms with Crippen LogP contribution in [0.2, 0.25) is 0 Å². The van der Waals surface area contributed by atoms with E-state index in [0.29, 0.717) is 6.61 Å². The van der Waals surface area contributed by atoms with Crippen molar-refractivity contribution in [3.8, 4) is 0 Å². The number of carboxylic acids is 1. The summed E-state index contributed by atoms with van der Waals surface area (Å²) in [5.74, 6) is -2.18. The number of nitrogens with zero attached hydrogens (tertiary/aromatic N) is 2. The van der Waals surface area contributed by atoms with Crippen LogP contribution < -0.4 is 5.32 Å². The van der Waals surface area contributed by atoms with Gasteiger partial charge in [-0.1, -0.05) is 13.8 Å². The Bertz CT molecular complexity index is 625. The van der Waals surface area contributed by atoms with Gasteiger partial charge in [0.1, 0.15) is 6.10 Å². The second kappa shape index (κ2) is 5.63. The van der Waals surface area contributed by atoms with Crippen LogP contribution in [-0.4, -0.2) is 39.4 Å². The third-order valence-electron chi connectivity index (χ3n) is 5.08. The lowest BCUT2D eigenvalue weighted by atomic mass is 9.97. The number of carbonyl (C=O) groups excluding carboxylic acids is 1. The summed E-state index contributed by atoms with van der Waals surface area (Å²) in [5, 5.41) is 16.4. The van der Waals surface area contributed by atoms with E-state index in [4.69, 9.17) is 4.74 Å². The average molecular weight is 321 g/mol. The van der Waals surface area contributed by atoms with Gasteiger partial charge in [-0.05, 0) is 18.3 Å². The number of hydrogen-bond donors (Lipinski definition) is 2. The monoisotopic (exact) mass is 321 g/mol. The molecule has 1 saturated heterocycles. The summed E-state index contributed by atoms with van der Waals surface area (Å²) in [5.41, 5.74) is 0.442. The van der Waals surface area contributed by atoms with Gasteiger partial charge in [0, 0.05) is 25.4 Å². The summed E-state index contributed by atoms with van der Waals surface area (Å²) < 4.78 is 7.54. The molecule has 1 amide bonds. The normalized spacial score (nSPS) is 32.3. The Balaban J connectivity index is 1.70. The highest BCUT2D eigenvalue weighted by Crippen LogP contribution is 2.58. The zero-order chi connectivity index (χ0) is 16.8. The number of rotatable bonds is 4. The summed E-state index contributed by atoms with van der Waals surface area (Å²) >= 11 is 0. The van der Waals surface area contributed by atoms with Crippen LogP contribution in [0.15, 0.2) is 12.4 Å². The minimum absolute atomic E-state index is 0.147. The van der Waals surface area contributed by atoms with Gasteiger partial charge >= 0.3 is 5.97 Å². The molecule has 1 aliphatic heterocycles. The summed E-state index contributed by atoms with van der Waals surface area (Å²) in [7, 11) is 1.84. The lowest BCUT2D eigenvalue weighted by molar-refractivity contribution is -0.140. The van der Waals surface area contributed by atoms with Crippen LogP contribution in [-0.2, 0) is 21.4 Å². The fraction of sp³-hybridized carbons (Fsp3) is 0.688. The second-order valence-electron chi connectivity index (χ2n) is 7.11. The molecule has 0 radical (unpaired) electrons. The number of aryl methyl sites for hydroxylation is 1. The lowest BCUT2D eigenvalue weighted by Crippen LogP contribution is -2.44. The molecule has 7 nitrogen and oxygen atoms in total. The molecular formula is C16H23N3O4. The molecule has 2 aliphatic rings. The molecule has 1 aromatic rings. The smallest absolute Gasteiger partial charge is 0.307 e. The highest BCUT2D eigenvalue weighted by molar-refractivity contribution is 5.91. The van der Waals surface area contributed by atoms with E-state index in [1.807, 2.05) is 27.1 Å². The van der Waals surface area contributed by atoms with Crippen molar-refractivity contribution >= 4 is 11.9 Å². The predicted octanol–water partition coefficient (Wildman–Crippen LogP) is 1.11. The Kier molecular flexibility index (Phi) is 3.91. The standard InChI is InChI=1S/C16H23N3O4/c1-16(2)11(12(16)15(21)22)14(20)18-10-5-4-6-23-13(10)9-7-17-19(3)8-9/h7-8,10-13H,4-6H2,1-3H3,(H,18,20)(H,21,22)/t10-,11-,12+,13+/m0/s1. The molecule has 7 heteroatoms.